The fourth-order valence-electron chi connectivity index (χ4n) is 2.29. The normalized spacial score (nSPS) is 20.2. The molecule has 0 radical (unpaired) electrons. The maximum absolute atomic E-state index is 12.6. The van der Waals surface area contributed by atoms with Crippen molar-refractivity contribution in [2.45, 2.75) is 25.4 Å². The maximum Gasteiger partial charge on any atom is 0.416 e. The molecule has 1 amide bonds. The van der Waals surface area contributed by atoms with Gasteiger partial charge in [0.25, 0.3) is 0 Å². The summed E-state index contributed by atoms with van der Waals surface area (Å²) in [6.07, 6.45) is -3.59. The molecule has 0 unspecified atom stereocenters. The molecule has 0 bridgehead atoms. The van der Waals surface area contributed by atoms with E-state index in [0.717, 1.165) is 12.5 Å². The Hall–Kier alpha value is -1.52. The highest BCUT2D eigenvalue weighted by molar-refractivity contribution is 5.73. The quantitative estimate of drug-likeness (QED) is 0.757. The van der Waals surface area contributed by atoms with Crippen molar-refractivity contribution in [3.8, 4) is 0 Å². The van der Waals surface area contributed by atoms with Gasteiger partial charge in [-0.2, -0.15) is 13.2 Å². The SMILES string of the molecule is CC(=O)N1CC[C@H](c2cccc(C(F)(F)F)c2)C1. The number of halogens is 3. The highest BCUT2D eigenvalue weighted by Gasteiger charge is 2.32. The molecule has 1 aliphatic heterocycles. The zero-order chi connectivity index (χ0) is 13.3. The van der Waals surface area contributed by atoms with Gasteiger partial charge in [-0.3, -0.25) is 4.79 Å². The Bertz CT molecular complexity index is 456. The zero-order valence-corrected chi connectivity index (χ0v) is 10.00. The number of nitrogens with zero attached hydrogens (tertiary/aromatic N) is 1. The Balaban J connectivity index is 2.18. The fraction of sp³-hybridized carbons (Fsp3) is 0.462. The molecule has 5 heteroatoms. The third kappa shape index (κ3) is 2.66. The van der Waals surface area contributed by atoms with Gasteiger partial charge in [0.1, 0.15) is 0 Å². The Kier molecular flexibility index (Phi) is 3.32. The van der Waals surface area contributed by atoms with Crippen LogP contribution in [-0.4, -0.2) is 23.9 Å². The first-order chi connectivity index (χ1) is 8.38. The number of carbonyl (C=O) groups is 1. The van der Waals surface area contributed by atoms with E-state index in [-0.39, 0.29) is 11.8 Å². The van der Waals surface area contributed by atoms with Crippen molar-refractivity contribution in [2.24, 2.45) is 0 Å². The van der Waals surface area contributed by atoms with Gasteiger partial charge < -0.3 is 4.90 Å². The van der Waals surface area contributed by atoms with Gasteiger partial charge in [-0.1, -0.05) is 18.2 Å². The second-order valence-corrected chi connectivity index (χ2v) is 4.57. The second kappa shape index (κ2) is 4.63. The number of benzene rings is 1. The smallest absolute Gasteiger partial charge is 0.342 e. The molecule has 0 N–H and O–H groups in total. The van der Waals surface area contributed by atoms with Crippen LogP contribution in [0.1, 0.15) is 30.4 Å². The number of alkyl halides is 3. The number of hydrogen-bond donors (Lipinski definition) is 0. The van der Waals surface area contributed by atoms with Crippen LogP contribution in [0.25, 0.3) is 0 Å². The van der Waals surface area contributed by atoms with E-state index in [1.165, 1.54) is 19.1 Å². The van der Waals surface area contributed by atoms with E-state index in [2.05, 4.69) is 0 Å². The fourth-order valence-corrected chi connectivity index (χ4v) is 2.29. The molecular formula is C13H14F3NO. The van der Waals surface area contributed by atoms with E-state index < -0.39 is 11.7 Å². The molecule has 0 aromatic heterocycles. The molecule has 2 nitrogen and oxygen atoms in total. The van der Waals surface area contributed by atoms with Crippen molar-refractivity contribution in [2.75, 3.05) is 13.1 Å². The van der Waals surface area contributed by atoms with Crippen molar-refractivity contribution in [3.05, 3.63) is 35.4 Å². The van der Waals surface area contributed by atoms with E-state index >= 15 is 0 Å². The summed E-state index contributed by atoms with van der Waals surface area (Å²) in [5.41, 5.74) is 0.0369. The van der Waals surface area contributed by atoms with E-state index in [1.807, 2.05) is 0 Å². The Morgan fingerprint density at radius 3 is 2.67 bits per heavy atom. The average molecular weight is 257 g/mol. The molecule has 1 atom stereocenters. The standard InChI is InChI=1S/C13H14F3NO/c1-9(18)17-6-5-11(8-17)10-3-2-4-12(7-10)13(14,15)16/h2-4,7,11H,5-6,8H2,1H3/t11-/m0/s1. The van der Waals surface area contributed by atoms with Crippen LogP contribution in [0.5, 0.6) is 0 Å². The molecule has 1 aromatic carbocycles. The molecule has 1 aromatic rings. The predicted octanol–water partition coefficient (Wildman–Crippen LogP) is 3.04. The van der Waals surface area contributed by atoms with Gasteiger partial charge in [-0.15, -0.1) is 0 Å². The number of carbonyl (C=O) groups excluding carboxylic acids is 1. The van der Waals surface area contributed by atoms with Crippen molar-refractivity contribution < 1.29 is 18.0 Å². The maximum atomic E-state index is 12.6. The molecular weight excluding hydrogens is 243 g/mol. The van der Waals surface area contributed by atoms with E-state index in [4.69, 9.17) is 0 Å². The first-order valence-corrected chi connectivity index (χ1v) is 5.80. The van der Waals surface area contributed by atoms with Crippen LogP contribution in [0.4, 0.5) is 13.2 Å². The summed E-state index contributed by atoms with van der Waals surface area (Å²) in [6, 6.07) is 5.38. The average Bonchev–Trinajstić information content (AvgIpc) is 2.77. The number of rotatable bonds is 1. The minimum atomic E-state index is -4.31. The van der Waals surface area contributed by atoms with Crippen LogP contribution in [0.15, 0.2) is 24.3 Å². The summed E-state index contributed by atoms with van der Waals surface area (Å²) in [5.74, 6) is -0.0133. The van der Waals surface area contributed by atoms with Gasteiger partial charge in [0.05, 0.1) is 5.56 Å². The lowest BCUT2D eigenvalue weighted by Gasteiger charge is -2.15. The van der Waals surface area contributed by atoms with Crippen LogP contribution in [0, 0.1) is 0 Å². The summed E-state index contributed by atoms with van der Waals surface area (Å²) < 4.78 is 37.8. The zero-order valence-electron chi connectivity index (χ0n) is 10.00. The molecule has 1 saturated heterocycles. The van der Waals surface area contributed by atoms with Crippen LogP contribution in [0.2, 0.25) is 0 Å². The lowest BCUT2D eigenvalue weighted by Crippen LogP contribution is -2.25. The van der Waals surface area contributed by atoms with E-state index in [9.17, 15) is 18.0 Å². The molecule has 0 spiro atoms. The monoisotopic (exact) mass is 257 g/mol. The minimum Gasteiger partial charge on any atom is -0.342 e. The number of hydrogen-bond acceptors (Lipinski definition) is 1. The van der Waals surface area contributed by atoms with Crippen molar-refractivity contribution in [3.63, 3.8) is 0 Å². The highest BCUT2D eigenvalue weighted by atomic mass is 19.4. The van der Waals surface area contributed by atoms with Crippen LogP contribution >= 0.6 is 0 Å². The lowest BCUT2D eigenvalue weighted by molar-refractivity contribution is -0.137. The molecule has 0 saturated carbocycles. The van der Waals surface area contributed by atoms with E-state index in [1.54, 1.807) is 11.0 Å². The lowest BCUT2D eigenvalue weighted by atomic mass is 9.96. The summed E-state index contributed by atoms with van der Waals surface area (Å²) in [4.78, 5) is 12.9. The van der Waals surface area contributed by atoms with Gasteiger partial charge in [-0.05, 0) is 18.1 Å². The Morgan fingerprint density at radius 1 is 1.39 bits per heavy atom. The Morgan fingerprint density at radius 2 is 2.11 bits per heavy atom. The highest BCUT2D eigenvalue weighted by Crippen LogP contribution is 2.33. The topological polar surface area (TPSA) is 20.3 Å². The third-order valence-corrected chi connectivity index (χ3v) is 3.32. The molecule has 0 aliphatic carbocycles. The largest absolute Gasteiger partial charge is 0.416 e. The van der Waals surface area contributed by atoms with Gasteiger partial charge in [0, 0.05) is 25.9 Å². The number of amides is 1. The van der Waals surface area contributed by atoms with Gasteiger partial charge in [0.2, 0.25) is 5.91 Å². The molecule has 2 rings (SSSR count). The molecule has 1 fully saturated rings. The third-order valence-electron chi connectivity index (χ3n) is 3.32. The predicted molar refractivity (Wildman–Crippen MR) is 61.1 cm³/mol. The van der Waals surface area contributed by atoms with Crippen molar-refractivity contribution in [1.82, 2.24) is 4.90 Å². The molecule has 98 valence electrons. The van der Waals surface area contributed by atoms with Crippen LogP contribution in [-0.2, 0) is 11.0 Å². The summed E-state index contributed by atoms with van der Waals surface area (Å²) >= 11 is 0. The minimum absolute atomic E-state index is 0.0104. The van der Waals surface area contributed by atoms with E-state index in [0.29, 0.717) is 18.7 Å². The van der Waals surface area contributed by atoms with Gasteiger partial charge in [-0.25, -0.2) is 0 Å². The molecule has 1 aliphatic rings. The summed E-state index contributed by atoms with van der Waals surface area (Å²) in [7, 11) is 0. The summed E-state index contributed by atoms with van der Waals surface area (Å²) in [5, 5.41) is 0. The van der Waals surface area contributed by atoms with Crippen LogP contribution < -0.4 is 0 Å². The van der Waals surface area contributed by atoms with Crippen molar-refractivity contribution in [1.29, 1.82) is 0 Å². The first kappa shape index (κ1) is 12.9. The summed E-state index contributed by atoms with van der Waals surface area (Å²) in [6.45, 7) is 2.61. The molecule has 18 heavy (non-hydrogen) atoms. The van der Waals surface area contributed by atoms with Gasteiger partial charge >= 0.3 is 6.18 Å². The molecule has 1 heterocycles. The second-order valence-electron chi connectivity index (χ2n) is 4.57. The first-order valence-electron chi connectivity index (χ1n) is 5.80. The van der Waals surface area contributed by atoms with Crippen LogP contribution in [0.3, 0.4) is 0 Å². The van der Waals surface area contributed by atoms with Gasteiger partial charge in [0.15, 0.2) is 0 Å². The number of likely N-dealkylation sites (tertiary alicyclic amines) is 1. The van der Waals surface area contributed by atoms with Crippen molar-refractivity contribution >= 4 is 5.91 Å². The Labute approximate surface area is 103 Å².